The van der Waals surface area contributed by atoms with E-state index in [1.165, 1.54) is 19.2 Å². The lowest BCUT2D eigenvalue weighted by molar-refractivity contribution is 0.0692. The number of nitrogens with zero attached hydrogens (tertiary/aromatic N) is 2. The molecule has 9 heteroatoms. The predicted octanol–water partition coefficient (Wildman–Crippen LogP) is 1.56. The van der Waals surface area contributed by atoms with Crippen molar-refractivity contribution in [3.63, 3.8) is 0 Å². The second kappa shape index (κ2) is 7.10. The topological polar surface area (TPSA) is 101 Å². The van der Waals surface area contributed by atoms with Crippen molar-refractivity contribution in [1.82, 2.24) is 14.5 Å². The number of hydrogen-bond acceptors (Lipinski definition) is 4. The van der Waals surface area contributed by atoms with Crippen molar-refractivity contribution in [3.8, 4) is 0 Å². The smallest absolute Gasteiger partial charge is 0.340 e. The van der Waals surface area contributed by atoms with E-state index < -0.39 is 27.1 Å². The molecule has 0 amide bonds. The summed E-state index contributed by atoms with van der Waals surface area (Å²) < 4.78 is 41.6. The van der Waals surface area contributed by atoms with Crippen LogP contribution in [0.4, 0.5) is 4.39 Å². The molecule has 0 saturated heterocycles. The molecule has 130 valence electrons. The number of aromatic nitrogens is 2. The fourth-order valence-electron chi connectivity index (χ4n) is 2.34. The molecule has 1 unspecified atom stereocenters. The summed E-state index contributed by atoms with van der Waals surface area (Å²) in [5, 5.41) is 12.4. The summed E-state index contributed by atoms with van der Waals surface area (Å²) >= 11 is 0. The summed E-state index contributed by atoms with van der Waals surface area (Å²) in [6, 6.07) is 5.32. The third-order valence-corrected chi connectivity index (χ3v) is 5.22. The zero-order valence-corrected chi connectivity index (χ0v) is 14.0. The van der Waals surface area contributed by atoms with Crippen molar-refractivity contribution >= 4 is 16.0 Å². The van der Waals surface area contributed by atoms with Crippen molar-refractivity contribution in [2.75, 3.05) is 0 Å². The summed E-state index contributed by atoms with van der Waals surface area (Å²) in [6.45, 7) is 1.80. The first-order valence-electron chi connectivity index (χ1n) is 7.26. The van der Waals surface area contributed by atoms with Gasteiger partial charge in [0.05, 0.1) is 6.20 Å². The fraction of sp³-hybridized carbons (Fsp3) is 0.333. The molecule has 2 aromatic rings. The Morgan fingerprint density at radius 2 is 2.00 bits per heavy atom. The Morgan fingerprint density at radius 1 is 1.38 bits per heavy atom. The van der Waals surface area contributed by atoms with Crippen LogP contribution in [0.25, 0.3) is 0 Å². The van der Waals surface area contributed by atoms with Crippen LogP contribution in [0.15, 0.2) is 35.5 Å². The van der Waals surface area contributed by atoms with Crippen LogP contribution in [0.3, 0.4) is 0 Å². The van der Waals surface area contributed by atoms with Gasteiger partial charge in [0, 0.05) is 13.1 Å². The Hall–Kier alpha value is -2.26. The number of carboxylic acid groups (broad SMARTS) is 1. The molecule has 1 aromatic carbocycles. The molecule has 0 saturated carbocycles. The zero-order valence-electron chi connectivity index (χ0n) is 13.2. The molecule has 0 spiro atoms. The van der Waals surface area contributed by atoms with Crippen LogP contribution in [0, 0.1) is 5.82 Å². The van der Waals surface area contributed by atoms with E-state index in [1.54, 1.807) is 19.1 Å². The fourth-order valence-corrected chi connectivity index (χ4v) is 3.97. The Labute approximate surface area is 139 Å². The molecule has 1 aromatic heterocycles. The van der Waals surface area contributed by atoms with Crippen LogP contribution >= 0.6 is 0 Å². The van der Waals surface area contributed by atoms with Gasteiger partial charge in [-0.05, 0) is 30.5 Å². The molecule has 2 N–H and O–H groups in total. The average Bonchev–Trinajstić information content (AvgIpc) is 2.91. The first kappa shape index (κ1) is 18.1. The molecule has 2 rings (SSSR count). The quantitative estimate of drug-likeness (QED) is 0.785. The largest absolute Gasteiger partial charge is 0.478 e. The van der Waals surface area contributed by atoms with Gasteiger partial charge in [-0.1, -0.05) is 19.1 Å². The Bertz CT molecular complexity index is 831. The van der Waals surface area contributed by atoms with E-state index in [9.17, 15) is 17.6 Å². The number of aryl methyl sites for hydroxylation is 1. The molecule has 0 bridgehead atoms. The number of aromatic carboxylic acids is 1. The summed E-state index contributed by atoms with van der Waals surface area (Å²) in [7, 11) is -2.70. The molecule has 1 heterocycles. The van der Waals surface area contributed by atoms with E-state index in [0.717, 1.165) is 16.4 Å². The minimum absolute atomic E-state index is 0.357. The maximum atomic E-state index is 13.0. The first-order valence-corrected chi connectivity index (χ1v) is 8.75. The van der Waals surface area contributed by atoms with E-state index in [2.05, 4.69) is 9.82 Å². The third kappa shape index (κ3) is 3.98. The van der Waals surface area contributed by atoms with Gasteiger partial charge >= 0.3 is 5.97 Å². The predicted molar refractivity (Wildman–Crippen MR) is 84.7 cm³/mol. The van der Waals surface area contributed by atoms with Crippen molar-refractivity contribution in [2.45, 2.75) is 30.8 Å². The number of carboxylic acids is 1. The number of carbonyl (C=O) groups is 1. The molecule has 24 heavy (non-hydrogen) atoms. The summed E-state index contributed by atoms with van der Waals surface area (Å²) in [6.07, 6.45) is 1.84. The first-order chi connectivity index (χ1) is 11.2. The zero-order chi connectivity index (χ0) is 17.9. The van der Waals surface area contributed by atoms with Crippen molar-refractivity contribution in [3.05, 3.63) is 47.4 Å². The van der Waals surface area contributed by atoms with E-state index in [1.807, 2.05) is 0 Å². The maximum Gasteiger partial charge on any atom is 0.340 e. The molecule has 7 nitrogen and oxygen atoms in total. The summed E-state index contributed by atoms with van der Waals surface area (Å²) in [5.74, 6) is -1.73. The Kier molecular flexibility index (Phi) is 5.35. The van der Waals surface area contributed by atoms with Gasteiger partial charge in [-0.2, -0.15) is 5.10 Å². The van der Waals surface area contributed by atoms with Crippen molar-refractivity contribution < 1.29 is 22.7 Å². The number of hydrogen-bond donors (Lipinski definition) is 2. The SMILES string of the molecule is CCC(Cc1ccc(F)cc1)NS(=O)(=O)c1c(C(=O)O)cnn1C. The van der Waals surface area contributed by atoms with Crippen LogP contribution in [0.2, 0.25) is 0 Å². The normalized spacial score (nSPS) is 13.0. The summed E-state index contributed by atoms with van der Waals surface area (Å²) in [4.78, 5) is 11.2. The second-order valence-corrected chi connectivity index (χ2v) is 6.98. The number of halogens is 1. The minimum Gasteiger partial charge on any atom is -0.478 e. The highest BCUT2D eigenvalue weighted by Crippen LogP contribution is 2.16. The number of nitrogens with one attached hydrogen (secondary N) is 1. The molecule has 0 aliphatic rings. The molecule has 0 radical (unpaired) electrons. The van der Waals surface area contributed by atoms with Gasteiger partial charge in [0.25, 0.3) is 10.0 Å². The Morgan fingerprint density at radius 3 is 2.54 bits per heavy atom. The maximum absolute atomic E-state index is 13.0. The van der Waals surface area contributed by atoms with Gasteiger partial charge < -0.3 is 5.11 Å². The van der Waals surface area contributed by atoms with Crippen molar-refractivity contribution in [1.29, 1.82) is 0 Å². The van der Waals surface area contributed by atoms with Crippen LogP contribution in [-0.2, 0) is 23.5 Å². The van der Waals surface area contributed by atoms with Gasteiger partial charge in [0.15, 0.2) is 5.03 Å². The molecule has 1 atom stereocenters. The van der Waals surface area contributed by atoms with Gasteiger partial charge in [0.1, 0.15) is 11.4 Å². The molecule has 0 aliphatic carbocycles. The van der Waals surface area contributed by atoms with Gasteiger partial charge in [-0.15, -0.1) is 0 Å². The third-order valence-electron chi connectivity index (χ3n) is 3.58. The highest BCUT2D eigenvalue weighted by Gasteiger charge is 2.29. The van der Waals surface area contributed by atoms with E-state index in [0.29, 0.717) is 12.8 Å². The molecular weight excluding hydrogens is 337 g/mol. The molecule has 0 fully saturated rings. The highest BCUT2D eigenvalue weighted by molar-refractivity contribution is 7.89. The molecule has 0 aliphatic heterocycles. The molecular formula is C15H18FN3O4S. The van der Waals surface area contributed by atoms with Crippen LogP contribution in [0.5, 0.6) is 0 Å². The number of sulfonamides is 1. The van der Waals surface area contributed by atoms with Crippen LogP contribution in [-0.4, -0.2) is 35.3 Å². The lowest BCUT2D eigenvalue weighted by Gasteiger charge is -2.17. The number of benzene rings is 1. The second-order valence-electron chi connectivity index (χ2n) is 5.35. The standard InChI is InChI=1S/C15H18FN3O4S/c1-3-12(8-10-4-6-11(16)7-5-10)18-24(22,23)14-13(15(20)21)9-17-19(14)2/h4-7,9,12,18H,3,8H2,1-2H3,(H,20,21). The van der Waals surface area contributed by atoms with Crippen molar-refractivity contribution in [2.24, 2.45) is 7.05 Å². The monoisotopic (exact) mass is 355 g/mol. The minimum atomic E-state index is -4.07. The van der Waals surface area contributed by atoms with E-state index in [-0.39, 0.29) is 11.4 Å². The van der Waals surface area contributed by atoms with Crippen LogP contribution in [0.1, 0.15) is 29.3 Å². The highest BCUT2D eigenvalue weighted by atomic mass is 32.2. The lowest BCUT2D eigenvalue weighted by Crippen LogP contribution is -2.37. The van der Waals surface area contributed by atoms with E-state index in [4.69, 9.17) is 5.11 Å². The number of rotatable bonds is 7. The Balaban J connectivity index is 2.25. The van der Waals surface area contributed by atoms with Gasteiger partial charge in [0.2, 0.25) is 0 Å². The lowest BCUT2D eigenvalue weighted by atomic mass is 10.1. The van der Waals surface area contributed by atoms with E-state index >= 15 is 0 Å². The van der Waals surface area contributed by atoms with Gasteiger partial charge in [-0.25, -0.2) is 22.3 Å². The summed E-state index contributed by atoms with van der Waals surface area (Å²) in [5.41, 5.74) is 0.385. The average molecular weight is 355 g/mol. The van der Waals surface area contributed by atoms with Crippen LogP contribution < -0.4 is 4.72 Å². The van der Waals surface area contributed by atoms with Gasteiger partial charge in [-0.3, -0.25) is 4.68 Å².